The fraction of sp³-hybridized carbons (Fsp3) is 0.143. The van der Waals surface area contributed by atoms with E-state index in [0.717, 1.165) is 5.56 Å². The van der Waals surface area contributed by atoms with E-state index in [9.17, 15) is 9.59 Å². The monoisotopic (exact) mass is 480 g/mol. The number of benzene rings is 5. The molecular formula is C35H28O2. The minimum absolute atomic E-state index is 0.0670. The van der Waals surface area contributed by atoms with Gasteiger partial charge in [-0.3, -0.25) is 9.59 Å². The fourth-order valence-corrected chi connectivity index (χ4v) is 5.88. The van der Waals surface area contributed by atoms with Gasteiger partial charge in [0.1, 0.15) is 0 Å². The SMILES string of the molecule is C=CCc1cccc2c1C(=O)c1ccccc1C2=O.c1ccc2c(c1)ccc1c3c(ccc12)CCCC3. The lowest BCUT2D eigenvalue weighted by Crippen LogP contribution is -2.22. The molecular weight excluding hydrogens is 452 g/mol. The zero-order chi connectivity index (χ0) is 25.4. The van der Waals surface area contributed by atoms with Crippen molar-refractivity contribution in [1.82, 2.24) is 0 Å². The zero-order valence-electron chi connectivity index (χ0n) is 20.8. The second-order valence-corrected chi connectivity index (χ2v) is 9.83. The van der Waals surface area contributed by atoms with Crippen LogP contribution in [0.15, 0.2) is 104 Å². The standard InChI is InChI=1S/C18H16.C17H12O2/c1-3-7-15-13(5-1)9-11-18-16-8-4-2-6-14(16)10-12-17(15)18;1-2-6-11-7-5-10-14-15(11)17(19)13-9-4-3-8-12(13)16(14)18/h1,3,5,7,9-12H,2,4,6,8H2;2-5,7-10H,1,6H2. The van der Waals surface area contributed by atoms with Crippen molar-refractivity contribution in [3.05, 3.63) is 143 Å². The van der Waals surface area contributed by atoms with E-state index in [1.165, 1.54) is 47.2 Å². The third-order valence-corrected chi connectivity index (χ3v) is 7.66. The first-order valence-electron chi connectivity index (χ1n) is 13.0. The minimum Gasteiger partial charge on any atom is -0.289 e. The molecule has 180 valence electrons. The molecule has 0 atom stereocenters. The lowest BCUT2D eigenvalue weighted by atomic mass is 9.81. The van der Waals surface area contributed by atoms with Crippen LogP contribution in [-0.4, -0.2) is 11.6 Å². The van der Waals surface area contributed by atoms with E-state index in [-0.39, 0.29) is 11.6 Å². The highest BCUT2D eigenvalue weighted by Gasteiger charge is 2.30. The summed E-state index contributed by atoms with van der Waals surface area (Å²) in [7, 11) is 0. The summed E-state index contributed by atoms with van der Waals surface area (Å²) in [6.07, 6.45) is 7.55. The number of fused-ring (bicyclic) bond motifs is 7. The van der Waals surface area contributed by atoms with Gasteiger partial charge < -0.3 is 0 Å². The van der Waals surface area contributed by atoms with Crippen LogP contribution in [0.3, 0.4) is 0 Å². The highest BCUT2D eigenvalue weighted by Crippen LogP contribution is 2.33. The van der Waals surface area contributed by atoms with Crippen molar-refractivity contribution in [2.75, 3.05) is 0 Å². The molecule has 2 heteroatoms. The van der Waals surface area contributed by atoms with Gasteiger partial charge in [-0.2, -0.15) is 0 Å². The van der Waals surface area contributed by atoms with Crippen LogP contribution in [0.25, 0.3) is 21.5 Å². The molecule has 2 nitrogen and oxygen atoms in total. The van der Waals surface area contributed by atoms with Crippen LogP contribution >= 0.6 is 0 Å². The van der Waals surface area contributed by atoms with Gasteiger partial charge in [0.15, 0.2) is 11.6 Å². The van der Waals surface area contributed by atoms with Crippen LogP contribution in [-0.2, 0) is 19.3 Å². The summed E-state index contributed by atoms with van der Waals surface area (Å²) in [5.74, 6) is -0.140. The van der Waals surface area contributed by atoms with E-state index in [2.05, 4.69) is 55.1 Å². The Kier molecular flexibility index (Phi) is 6.02. The number of carbonyl (C=O) groups excluding carboxylic acids is 2. The first-order chi connectivity index (χ1) is 18.2. The van der Waals surface area contributed by atoms with Gasteiger partial charge >= 0.3 is 0 Å². The molecule has 0 unspecified atom stereocenters. The Morgan fingerprint density at radius 2 is 1.32 bits per heavy atom. The molecule has 0 saturated heterocycles. The summed E-state index contributed by atoms with van der Waals surface area (Å²) in [6.45, 7) is 3.70. The predicted octanol–water partition coefficient (Wildman–Crippen LogP) is 8.06. The Morgan fingerprint density at radius 3 is 2.16 bits per heavy atom. The highest BCUT2D eigenvalue weighted by atomic mass is 16.1. The van der Waals surface area contributed by atoms with Crippen LogP contribution in [0.4, 0.5) is 0 Å². The average molecular weight is 481 g/mol. The fourth-order valence-electron chi connectivity index (χ4n) is 5.88. The Hall–Kier alpha value is -4.30. The number of hydrogen-bond acceptors (Lipinski definition) is 2. The molecule has 0 radical (unpaired) electrons. The lowest BCUT2D eigenvalue weighted by molar-refractivity contribution is 0.0978. The van der Waals surface area contributed by atoms with Crippen molar-refractivity contribution in [2.24, 2.45) is 0 Å². The largest absolute Gasteiger partial charge is 0.289 e. The smallest absolute Gasteiger partial charge is 0.194 e. The molecule has 2 aliphatic carbocycles. The zero-order valence-corrected chi connectivity index (χ0v) is 20.8. The predicted molar refractivity (Wildman–Crippen MR) is 152 cm³/mol. The van der Waals surface area contributed by atoms with E-state index in [1.54, 1.807) is 47.5 Å². The van der Waals surface area contributed by atoms with Gasteiger partial charge in [0.25, 0.3) is 0 Å². The summed E-state index contributed by atoms with van der Waals surface area (Å²) in [5, 5.41) is 5.64. The molecule has 0 amide bonds. The maximum atomic E-state index is 12.6. The molecule has 0 bridgehead atoms. The van der Waals surface area contributed by atoms with E-state index in [4.69, 9.17) is 0 Å². The van der Waals surface area contributed by atoms with Crippen LogP contribution in [0, 0.1) is 0 Å². The molecule has 0 heterocycles. The molecule has 0 aromatic heterocycles. The first-order valence-corrected chi connectivity index (χ1v) is 13.0. The van der Waals surface area contributed by atoms with Crippen LogP contribution < -0.4 is 0 Å². The molecule has 5 aromatic rings. The van der Waals surface area contributed by atoms with Gasteiger partial charge in [0.2, 0.25) is 0 Å². The topological polar surface area (TPSA) is 34.1 Å². The maximum Gasteiger partial charge on any atom is 0.194 e. The van der Waals surface area contributed by atoms with Crippen LogP contribution in [0.5, 0.6) is 0 Å². The van der Waals surface area contributed by atoms with E-state index < -0.39 is 0 Å². The summed E-state index contributed by atoms with van der Waals surface area (Å²) in [5.41, 5.74) is 6.07. The molecule has 0 fully saturated rings. The molecule has 7 rings (SSSR count). The number of hydrogen-bond donors (Lipinski definition) is 0. The molecule has 0 saturated carbocycles. The maximum absolute atomic E-state index is 12.6. The second kappa shape index (κ2) is 9.63. The van der Waals surface area contributed by atoms with Gasteiger partial charge in [-0.25, -0.2) is 0 Å². The molecule has 0 N–H and O–H groups in total. The van der Waals surface area contributed by atoms with E-state index in [0.29, 0.717) is 28.7 Å². The Bertz CT molecular complexity index is 1710. The third-order valence-electron chi connectivity index (χ3n) is 7.66. The number of ketones is 2. The summed E-state index contributed by atoms with van der Waals surface area (Å²) in [4.78, 5) is 25.0. The van der Waals surface area contributed by atoms with Gasteiger partial charge in [-0.15, -0.1) is 6.58 Å². The molecule has 2 aliphatic rings. The van der Waals surface area contributed by atoms with Gasteiger partial charge in [0, 0.05) is 22.3 Å². The molecule has 0 aliphatic heterocycles. The number of carbonyl (C=O) groups is 2. The van der Waals surface area contributed by atoms with E-state index >= 15 is 0 Å². The van der Waals surface area contributed by atoms with E-state index in [1.807, 2.05) is 12.1 Å². The van der Waals surface area contributed by atoms with Crippen LogP contribution in [0.2, 0.25) is 0 Å². The van der Waals surface area contributed by atoms with Gasteiger partial charge in [-0.1, -0.05) is 97.1 Å². The highest BCUT2D eigenvalue weighted by molar-refractivity contribution is 6.28. The Labute approximate surface area is 217 Å². The Morgan fingerprint density at radius 1 is 0.622 bits per heavy atom. The third kappa shape index (κ3) is 3.99. The number of rotatable bonds is 2. The number of allylic oxidation sites excluding steroid dienone is 1. The van der Waals surface area contributed by atoms with Gasteiger partial charge in [0.05, 0.1) is 0 Å². The summed E-state index contributed by atoms with van der Waals surface area (Å²) < 4.78 is 0. The van der Waals surface area contributed by atoms with Crippen LogP contribution in [0.1, 0.15) is 61.4 Å². The summed E-state index contributed by atoms with van der Waals surface area (Å²) in [6, 6.07) is 30.4. The van der Waals surface area contributed by atoms with Crippen molar-refractivity contribution in [3.63, 3.8) is 0 Å². The summed E-state index contributed by atoms with van der Waals surface area (Å²) >= 11 is 0. The average Bonchev–Trinajstić information content (AvgIpc) is 2.96. The lowest BCUT2D eigenvalue weighted by Gasteiger charge is -2.19. The molecule has 37 heavy (non-hydrogen) atoms. The first kappa shape index (κ1) is 23.1. The normalized spacial score (nSPS) is 13.8. The van der Waals surface area contributed by atoms with Crippen molar-refractivity contribution < 1.29 is 9.59 Å². The quantitative estimate of drug-likeness (QED) is 0.185. The van der Waals surface area contributed by atoms with Crippen molar-refractivity contribution in [1.29, 1.82) is 0 Å². The van der Waals surface area contributed by atoms with Crippen molar-refractivity contribution in [3.8, 4) is 0 Å². The molecule has 5 aromatic carbocycles. The van der Waals surface area contributed by atoms with Gasteiger partial charge in [-0.05, 0) is 70.3 Å². The van der Waals surface area contributed by atoms with Crippen molar-refractivity contribution in [2.45, 2.75) is 32.1 Å². The minimum atomic E-state index is -0.0730. The Balaban J connectivity index is 0.000000136. The molecule has 0 spiro atoms. The second-order valence-electron chi connectivity index (χ2n) is 9.83. The van der Waals surface area contributed by atoms with Crippen molar-refractivity contribution >= 4 is 33.1 Å². The number of aryl methyl sites for hydroxylation is 2.